The highest BCUT2D eigenvalue weighted by Gasteiger charge is 2.13. The molecular weight excluding hydrogens is 256 g/mol. The topological polar surface area (TPSA) is 15.3 Å². The van der Waals surface area contributed by atoms with E-state index in [1.807, 2.05) is 6.07 Å². The Bertz CT molecular complexity index is 379. The lowest BCUT2D eigenvalue weighted by molar-refractivity contribution is 0.610. The fourth-order valence-corrected chi connectivity index (χ4v) is 2.48. The van der Waals surface area contributed by atoms with Crippen LogP contribution in [0.3, 0.4) is 0 Å². The standard InChI is InChI=1S/C16H27ClN2/c1-5-7-13(3)19(4)16-9-8-15(17)11-14(16)12-18-10-6-2/h8-9,11,13,18H,5-7,10,12H2,1-4H3. The molecule has 0 heterocycles. The van der Waals surface area contributed by atoms with Crippen LogP contribution in [0.5, 0.6) is 0 Å². The van der Waals surface area contributed by atoms with Crippen LogP contribution in [0.1, 0.15) is 45.6 Å². The van der Waals surface area contributed by atoms with E-state index in [0.29, 0.717) is 6.04 Å². The molecule has 1 aromatic rings. The summed E-state index contributed by atoms with van der Waals surface area (Å²) in [6.07, 6.45) is 3.57. The molecular formula is C16H27ClN2. The van der Waals surface area contributed by atoms with E-state index < -0.39 is 0 Å². The van der Waals surface area contributed by atoms with E-state index in [2.05, 4.69) is 50.2 Å². The molecule has 1 rings (SSSR count). The Labute approximate surface area is 123 Å². The Hall–Kier alpha value is -0.730. The zero-order valence-corrected chi connectivity index (χ0v) is 13.4. The predicted molar refractivity (Wildman–Crippen MR) is 86.2 cm³/mol. The summed E-state index contributed by atoms with van der Waals surface area (Å²) in [5, 5.41) is 4.27. The number of hydrogen-bond acceptors (Lipinski definition) is 2. The van der Waals surface area contributed by atoms with Crippen LogP contribution in [0, 0.1) is 0 Å². The van der Waals surface area contributed by atoms with Gasteiger partial charge in [-0.1, -0.05) is 31.9 Å². The number of nitrogens with zero attached hydrogens (tertiary/aromatic N) is 1. The maximum absolute atomic E-state index is 6.13. The van der Waals surface area contributed by atoms with E-state index in [1.165, 1.54) is 24.1 Å². The zero-order valence-electron chi connectivity index (χ0n) is 12.7. The highest BCUT2D eigenvalue weighted by atomic mass is 35.5. The molecule has 1 unspecified atom stereocenters. The second kappa shape index (κ2) is 8.44. The molecule has 0 saturated carbocycles. The van der Waals surface area contributed by atoms with Crippen LogP contribution in [0.25, 0.3) is 0 Å². The normalized spacial score (nSPS) is 12.5. The van der Waals surface area contributed by atoms with Gasteiger partial charge >= 0.3 is 0 Å². The lowest BCUT2D eigenvalue weighted by Crippen LogP contribution is -2.30. The lowest BCUT2D eigenvalue weighted by atomic mass is 10.1. The number of rotatable bonds is 8. The smallest absolute Gasteiger partial charge is 0.0412 e. The molecule has 0 fully saturated rings. The monoisotopic (exact) mass is 282 g/mol. The Kier molecular flexibility index (Phi) is 7.25. The molecule has 0 aromatic heterocycles. The van der Waals surface area contributed by atoms with Gasteiger partial charge in [-0.15, -0.1) is 0 Å². The Morgan fingerprint density at radius 2 is 2.00 bits per heavy atom. The number of nitrogens with one attached hydrogen (secondary N) is 1. The number of anilines is 1. The van der Waals surface area contributed by atoms with Crippen molar-refractivity contribution in [3.63, 3.8) is 0 Å². The third-order valence-electron chi connectivity index (χ3n) is 3.53. The summed E-state index contributed by atoms with van der Waals surface area (Å²) in [5.74, 6) is 0. The molecule has 1 aromatic carbocycles. The first kappa shape index (κ1) is 16.3. The predicted octanol–water partition coefficient (Wildman–Crippen LogP) is 4.46. The fraction of sp³-hybridized carbons (Fsp3) is 0.625. The van der Waals surface area contributed by atoms with Crippen LogP contribution < -0.4 is 10.2 Å². The summed E-state index contributed by atoms with van der Waals surface area (Å²) in [7, 11) is 2.17. The lowest BCUT2D eigenvalue weighted by Gasteiger charge is -2.29. The summed E-state index contributed by atoms with van der Waals surface area (Å²) in [4.78, 5) is 2.36. The van der Waals surface area contributed by atoms with Crippen molar-refractivity contribution in [2.45, 2.75) is 52.6 Å². The van der Waals surface area contributed by atoms with Gasteiger partial charge in [-0.25, -0.2) is 0 Å². The van der Waals surface area contributed by atoms with Crippen molar-refractivity contribution in [3.05, 3.63) is 28.8 Å². The van der Waals surface area contributed by atoms with E-state index in [-0.39, 0.29) is 0 Å². The maximum Gasteiger partial charge on any atom is 0.0412 e. The van der Waals surface area contributed by atoms with Crippen molar-refractivity contribution in [1.29, 1.82) is 0 Å². The van der Waals surface area contributed by atoms with Gasteiger partial charge < -0.3 is 10.2 Å². The first-order chi connectivity index (χ1) is 9.10. The first-order valence-electron chi connectivity index (χ1n) is 7.32. The van der Waals surface area contributed by atoms with Gasteiger partial charge in [0.15, 0.2) is 0 Å². The number of halogens is 1. The second-order valence-corrected chi connectivity index (χ2v) is 5.63. The van der Waals surface area contributed by atoms with Crippen LogP contribution in [-0.2, 0) is 6.54 Å². The van der Waals surface area contributed by atoms with Gasteiger partial charge in [0.05, 0.1) is 0 Å². The Balaban J connectivity index is 2.85. The Morgan fingerprint density at radius 1 is 1.26 bits per heavy atom. The third-order valence-corrected chi connectivity index (χ3v) is 3.77. The van der Waals surface area contributed by atoms with E-state index >= 15 is 0 Å². The summed E-state index contributed by atoms with van der Waals surface area (Å²) in [5.41, 5.74) is 2.57. The van der Waals surface area contributed by atoms with Gasteiger partial charge in [-0.05, 0) is 50.1 Å². The van der Waals surface area contributed by atoms with Crippen molar-refractivity contribution >= 4 is 17.3 Å². The second-order valence-electron chi connectivity index (χ2n) is 5.20. The summed E-state index contributed by atoms with van der Waals surface area (Å²) in [6.45, 7) is 8.62. The van der Waals surface area contributed by atoms with Crippen molar-refractivity contribution in [3.8, 4) is 0 Å². The van der Waals surface area contributed by atoms with Gasteiger partial charge in [0.25, 0.3) is 0 Å². The fourth-order valence-electron chi connectivity index (χ4n) is 2.29. The quantitative estimate of drug-likeness (QED) is 0.708. The minimum Gasteiger partial charge on any atom is -0.372 e. The Morgan fingerprint density at radius 3 is 2.63 bits per heavy atom. The number of hydrogen-bond donors (Lipinski definition) is 1. The molecule has 0 aliphatic rings. The molecule has 0 aliphatic carbocycles. The minimum absolute atomic E-state index is 0.552. The molecule has 0 bridgehead atoms. The molecule has 1 N–H and O–H groups in total. The molecule has 0 saturated heterocycles. The van der Waals surface area contributed by atoms with Gasteiger partial charge in [0.1, 0.15) is 0 Å². The SMILES string of the molecule is CCCNCc1cc(Cl)ccc1N(C)C(C)CCC. The first-order valence-corrected chi connectivity index (χ1v) is 7.69. The van der Waals surface area contributed by atoms with Crippen molar-refractivity contribution in [2.75, 3.05) is 18.5 Å². The molecule has 108 valence electrons. The van der Waals surface area contributed by atoms with Crippen molar-refractivity contribution < 1.29 is 0 Å². The van der Waals surface area contributed by atoms with Crippen LogP contribution in [0.4, 0.5) is 5.69 Å². The van der Waals surface area contributed by atoms with Crippen LogP contribution in [-0.4, -0.2) is 19.6 Å². The molecule has 19 heavy (non-hydrogen) atoms. The molecule has 0 radical (unpaired) electrons. The summed E-state index contributed by atoms with van der Waals surface area (Å²) < 4.78 is 0. The van der Waals surface area contributed by atoms with E-state index in [1.54, 1.807) is 0 Å². The summed E-state index contributed by atoms with van der Waals surface area (Å²) in [6, 6.07) is 6.75. The highest BCUT2D eigenvalue weighted by Crippen LogP contribution is 2.26. The van der Waals surface area contributed by atoms with Crippen LogP contribution in [0.15, 0.2) is 18.2 Å². The average molecular weight is 283 g/mol. The van der Waals surface area contributed by atoms with Gasteiger partial charge in [0.2, 0.25) is 0 Å². The van der Waals surface area contributed by atoms with Crippen LogP contribution in [0.2, 0.25) is 5.02 Å². The molecule has 2 nitrogen and oxygen atoms in total. The maximum atomic E-state index is 6.13. The largest absolute Gasteiger partial charge is 0.372 e. The van der Waals surface area contributed by atoms with Gasteiger partial charge in [-0.2, -0.15) is 0 Å². The molecule has 1 atom stereocenters. The van der Waals surface area contributed by atoms with Crippen molar-refractivity contribution in [1.82, 2.24) is 5.32 Å². The zero-order chi connectivity index (χ0) is 14.3. The molecule has 0 aliphatic heterocycles. The van der Waals surface area contributed by atoms with Crippen molar-refractivity contribution in [2.24, 2.45) is 0 Å². The van der Waals surface area contributed by atoms with Gasteiger partial charge in [0, 0.05) is 30.3 Å². The summed E-state index contributed by atoms with van der Waals surface area (Å²) >= 11 is 6.13. The van der Waals surface area contributed by atoms with Crippen LogP contribution >= 0.6 is 11.6 Å². The van der Waals surface area contributed by atoms with E-state index in [4.69, 9.17) is 11.6 Å². The van der Waals surface area contributed by atoms with Gasteiger partial charge in [-0.3, -0.25) is 0 Å². The number of benzene rings is 1. The van der Waals surface area contributed by atoms with E-state index in [9.17, 15) is 0 Å². The van der Waals surface area contributed by atoms with E-state index in [0.717, 1.165) is 24.5 Å². The third kappa shape index (κ3) is 5.04. The highest BCUT2D eigenvalue weighted by molar-refractivity contribution is 6.30. The minimum atomic E-state index is 0.552. The molecule has 0 spiro atoms. The molecule has 0 amide bonds. The molecule has 3 heteroatoms. The average Bonchev–Trinajstić information content (AvgIpc) is 2.39.